The summed E-state index contributed by atoms with van der Waals surface area (Å²) in [6.07, 6.45) is -0.571. The molecule has 21 heavy (non-hydrogen) atoms. The summed E-state index contributed by atoms with van der Waals surface area (Å²) in [6, 6.07) is 4.57. The Morgan fingerprint density at radius 3 is 2.81 bits per heavy atom. The molecule has 1 fully saturated rings. The minimum absolute atomic E-state index is 0.171. The van der Waals surface area contributed by atoms with E-state index in [0.29, 0.717) is 6.54 Å². The van der Waals surface area contributed by atoms with Gasteiger partial charge in [0.05, 0.1) is 5.56 Å². The Labute approximate surface area is 122 Å². The zero-order valence-electron chi connectivity index (χ0n) is 11.9. The largest absolute Gasteiger partial charge is 0.416 e. The third-order valence-corrected chi connectivity index (χ3v) is 3.80. The standard InChI is InChI=1S/C15H19F3N2O/c1-2-13-8-3-4-9-20(13)14(21)19-12-7-5-6-11(10-12)15(16,17)18/h5-7,10,13H,2-4,8-9H2,1H3,(H,19,21)/t13-/m0/s1. The lowest BCUT2D eigenvalue weighted by atomic mass is 10.0. The molecule has 1 saturated heterocycles. The summed E-state index contributed by atoms with van der Waals surface area (Å²) in [5, 5.41) is 2.58. The first-order valence-electron chi connectivity index (χ1n) is 7.16. The maximum atomic E-state index is 12.7. The summed E-state index contributed by atoms with van der Waals surface area (Å²) < 4.78 is 38.0. The number of rotatable bonds is 2. The molecule has 1 aliphatic rings. The summed E-state index contributed by atoms with van der Waals surface area (Å²) in [5.41, 5.74) is -0.582. The summed E-state index contributed by atoms with van der Waals surface area (Å²) >= 11 is 0. The van der Waals surface area contributed by atoms with E-state index in [0.717, 1.165) is 37.8 Å². The highest BCUT2D eigenvalue weighted by Crippen LogP contribution is 2.31. The van der Waals surface area contributed by atoms with E-state index in [1.54, 1.807) is 4.90 Å². The average molecular weight is 300 g/mol. The van der Waals surface area contributed by atoms with Gasteiger partial charge in [-0.25, -0.2) is 4.79 Å². The van der Waals surface area contributed by atoms with Crippen LogP contribution in [0.2, 0.25) is 0 Å². The predicted octanol–water partition coefficient (Wildman–Crippen LogP) is 4.50. The van der Waals surface area contributed by atoms with Gasteiger partial charge >= 0.3 is 12.2 Å². The molecule has 2 rings (SSSR count). The van der Waals surface area contributed by atoms with Gasteiger partial charge < -0.3 is 10.2 Å². The van der Waals surface area contributed by atoms with Crippen LogP contribution < -0.4 is 5.32 Å². The molecule has 2 amide bonds. The number of alkyl halides is 3. The van der Waals surface area contributed by atoms with Gasteiger partial charge in [0.25, 0.3) is 0 Å². The van der Waals surface area contributed by atoms with Crippen LogP contribution in [0, 0.1) is 0 Å². The van der Waals surface area contributed by atoms with E-state index in [4.69, 9.17) is 0 Å². The Morgan fingerprint density at radius 2 is 2.14 bits per heavy atom. The minimum atomic E-state index is -4.40. The monoisotopic (exact) mass is 300 g/mol. The van der Waals surface area contributed by atoms with Gasteiger partial charge in [0.1, 0.15) is 0 Å². The number of halogens is 3. The Balaban J connectivity index is 2.08. The first kappa shape index (κ1) is 15.7. The smallest absolute Gasteiger partial charge is 0.322 e. The topological polar surface area (TPSA) is 32.3 Å². The van der Waals surface area contributed by atoms with Crippen LogP contribution in [0.5, 0.6) is 0 Å². The molecule has 3 nitrogen and oxygen atoms in total. The number of anilines is 1. The Kier molecular flexibility index (Phi) is 4.75. The van der Waals surface area contributed by atoms with Gasteiger partial charge in [-0.3, -0.25) is 0 Å². The predicted molar refractivity (Wildman–Crippen MR) is 75.1 cm³/mol. The third-order valence-electron chi connectivity index (χ3n) is 3.80. The van der Waals surface area contributed by atoms with E-state index < -0.39 is 11.7 Å². The number of nitrogens with zero attached hydrogens (tertiary/aromatic N) is 1. The van der Waals surface area contributed by atoms with Crippen molar-refractivity contribution in [3.8, 4) is 0 Å². The fourth-order valence-electron chi connectivity index (χ4n) is 2.66. The lowest BCUT2D eigenvalue weighted by Gasteiger charge is -2.35. The quantitative estimate of drug-likeness (QED) is 0.856. The lowest BCUT2D eigenvalue weighted by molar-refractivity contribution is -0.137. The van der Waals surface area contributed by atoms with E-state index in [-0.39, 0.29) is 17.8 Å². The van der Waals surface area contributed by atoms with E-state index in [2.05, 4.69) is 5.32 Å². The molecule has 1 aliphatic heterocycles. The number of nitrogens with one attached hydrogen (secondary N) is 1. The van der Waals surface area contributed by atoms with Gasteiger partial charge in [0.15, 0.2) is 0 Å². The van der Waals surface area contributed by atoms with Crippen molar-refractivity contribution in [2.75, 3.05) is 11.9 Å². The second kappa shape index (κ2) is 6.37. The third kappa shape index (κ3) is 3.89. The number of amides is 2. The van der Waals surface area contributed by atoms with Gasteiger partial charge in [-0.2, -0.15) is 13.2 Å². The molecule has 1 aromatic rings. The van der Waals surface area contributed by atoms with Crippen LogP contribution in [0.4, 0.5) is 23.7 Å². The molecular formula is C15H19F3N2O. The van der Waals surface area contributed by atoms with Gasteiger partial charge in [0.2, 0.25) is 0 Å². The number of hydrogen-bond donors (Lipinski definition) is 1. The van der Waals surface area contributed by atoms with Crippen molar-refractivity contribution in [2.24, 2.45) is 0 Å². The second-order valence-corrected chi connectivity index (χ2v) is 5.26. The number of piperidine rings is 1. The van der Waals surface area contributed by atoms with Crippen LogP contribution in [0.1, 0.15) is 38.2 Å². The van der Waals surface area contributed by atoms with Crippen LogP contribution >= 0.6 is 0 Å². The molecule has 1 heterocycles. The molecule has 0 aliphatic carbocycles. The van der Waals surface area contributed by atoms with E-state index in [1.165, 1.54) is 12.1 Å². The summed E-state index contributed by atoms with van der Waals surface area (Å²) in [7, 11) is 0. The molecule has 1 N–H and O–H groups in total. The van der Waals surface area contributed by atoms with Crippen molar-refractivity contribution in [3.63, 3.8) is 0 Å². The maximum absolute atomic E-state index is 12.7. The summed E-state index contributed by atoms with van der Waals surface area (Å²) in [6.45, 7) is 2.67. The van der Waals surface area contributed by atoms with Gasteiger partial charge in [-0.15, -0.1) is 0 Å². The molecule has 1 aromatic carbocycles. The van der Waals surface area contributed by atoms with Crippen LogP contribution in [0.3, 0.4) is 0 Å². The molecule has 0 bridgehead atoms. The minimum Gasteiger partial charge on any atom is -0.322 e. The van der Waals surface area contributed by atoms with Crippen molar-refractivity contribution >= 4 is 11.7 Å². The Morgan fingerprint density at radius 1 is 1.38 bits per heavy atom. The zero-order valence-corrected chi connectivity index (χ0v) is 11.9. The number of carbonyl (C=O) groups excluding carboxylic acids is 1. The van der Waals surface area contributed by atoms with Crippen molar-refractivity contribution < 1.29 is 18.0 Å². The fraction of sp³-hybridized carbons (Fsp3) is 0.533. The molecule has 0 aromatic heterocycles. The van der Waals surface area contributed by atoms with Crippen LogP contribution in [-0.2, 0) is 6.18 Å². The number of benzene rings is 1. The van der Waals surface area contributed by atoms with Gasteiger partial charge in [-0.05, 0) is 43.9 Å². The fourth-order valence-corrected chi connectivity index (χ4v) is 2.66. The number of urea groups is 1. The lowest BCUT2D eigenvalue weighted by Crippen LogP contribution is -2.45. The highest BCUT2D eigenvalue weighted by molar-refractivity contribution is 5.89. The summed E-state index contributed by atoms with van der Waals surface area (Å²) in [5.74, 6) is 0. The van der Waals surface area contributed by atoms with E-state index >= 15 is 0 Å². The van der Waals surface area contributed by atoms with Gasteiger partial charge in [0, 0.05) is 18.3 Å². The maximum Gasteiger partial charge on any atom is 0.416 e. The molecule has 1 atom stereocenters. The number of hydrogen-bond acceptors (Lipinski definition) is 1. The molecule has 0 radical (unpaired) electrons. The van der Waals surface area contributed by atoms with E-state index in [9.17, 15) is 18.0 Å². The first-order chi connectivity index (χ1) is 9.91. The highest BCUT2D eigenvalue weighted by Gasteiger charge is 2.31. The van der Waals surface area contributed by atoms with Crippen LogP contribution in [-0.4, -0.2) is 23.5 Å². The van der Waals surface area contributed by atoms with Crippen molar-refractivity contribution in [1.82, 2.24) is 4.90 Å². The molecule has 0 saturated carbocycles. The summed E-state index contributed by atoms with van der Waals surface area (Å²) in [4.78, 5) is 14.0. The Bertz CT molecular complexity index is 502. The molecule has 116 valence electrons. The molecule has 0 unspecified atom stereocenters. The second-order valence-electron chi connectivity index (χ2n) is 5.26. The SMILES string of the molecule is CC[C@H]1CCCCN1C(=O)Nc1cccc(C(F)(F)F)c1. The number of carbonyl (C=O) groups is 1. The van der Waals surface area contributed by atoms with Crippen molar-refractivity contribution in [1.29, 1.82) is 0 Å². The molecular weight excluding hydrogens is 281 g/mol. The highest BCUT2D eigenvalue weighted by atomic mass is 19.4. The normalized spacial score (nSPS) is 19.4. The van der Waals surface area contributed by atoms with Crippen molar-refractivity contribution in [3.05, 3.63) is 29.8 Å². The molecule has 0 spiro atoms. The van der Waals surface area contributed by atoms with Crippen LogP contribution in [0.15, 0.2) is 24.3 Å². The first-order valence-corrected chi connectivity index (χ1v) is 7.16. The van der Waals surface area contributed by atoms with Crippen LogP contribution in [0.25, 0.3) is 0 Å². The zero-order chi connectivity index (χ0) is 15.5. The number of likely N-dealkylation sites (tertiary alicyclic amines) is 1. The molecule has 6 heteroatoms. The van der Waals surface area contributed by atoms with Crippen molar-refractivity contribution in [2.45, 2.75) is 44.8 Å². The van der Waals surface area contributed by atoms with Gasteiger partial charge in [-0.1, -0.05) is 13.0 Å². The average Bonchev–Trinajstić information content (AvgIpc) is 2.46. The van der Waals surface area contributed by atoms with E-state index in [1.807, 2.05) is 6.92 Å². The Hall–Kier alpha value is -1.72.